The van der Waals surface area contributed by atoms with Gasteiger partial charge >= 0.3 is 0 Å². The van der Waals surface area contributed by atoms with E-state index in [0.29, 0.717) is 0 Å². The summed E-state index contributed by atoms with van der Waals surface area (Å²) in [6.45, 7) is 4.49. The highest BCUT2D eigenvalue weighted by Gasteiger charge is 1.65. The molecule has 0 fully saturated rings. The zero-order chi connectivity index (χ0) is 8.41. The van der Waals surface area contributed by atoms with Gasteiger partial charge < -0.3 is 10.5 Å². The van der Waals surface area contributed by atoms with E-state index in [4.69, 9.17) is 15.3 Å². The summed E-state index contributed by atoms with van der Waals surface area (Å²) in [5.41, 5.74) is 0. The van der Waals surface area contributed by atoms with Crippen LogP contribution in [0.5, 0.6) is 0 Å². The predicted octanol–water partition coefficient (Wildman–Crippen LogP) is 1.47. The summed E-state index contributed by atoms with van der Waals surface area (Å²) in [5.74, 6) is -0.833. The minimum absolute atomic E-state index is 0.833. The van der Waals surface area contributed by atoms with E-state index < -0.39 is 5.97 Å². The summed E-state index contributed by atoms with van der Waals surface area (Å²) in [5, 5.41) is 13.9. The van der Waals surface area contributed by atoms with Crippen LogP contribution in [0, 0.1) is 5.41 Å². The number of allylic oxidation sites excluding steroid dienone is 3. The number of nitrogens with one attached hydrogen (secondary N) is 1. The van der Waals surface area contributed by atoms with E-state index in [-0.39, 0.29) is 0 Å². The molecule has 3 heteroatoms. The lowest BCUT2D eigenvalue weighted by atomic mass is 10.5. The van der Waals surface area contributed by atoms with Crippen molar-refractivity contribution in [1.82, 2.24) is 0 Å². The molecule has 0 aromatic rings. The first-order valence-corrected chi connectivity index (χ1v) is 2.62. The number of carbonyl (C=O) groups is 1. The van der Waals surface area contributed by atoms with Crippen molar-refractivity contribution in [2.45, 2.75) is 6.92 Å². The highest BCUT2D eigenvalue weighted by molar-refractivity contribution is 5.67. The van der Waals surface area contributed by atoms with Crippen LogP contribution in [0.2, 0.25) is 0 Å². The normalized spacial score (nSPS) is 7.70. The lowest BCUT2D eigenvalue weighted by Crippen LogP contribution is -1.78. The highest BCUT2D eigenvalue weighted by atomic mass is 16.4. The van der Waals surface area contributed by atoms with Gasteiger partial charge in [0.15, 0.2) is 0 Å². The number of hydrogen-bond acceptors (Lipinski definition) is 2. The molecule has 0 spiro atoms. The van der Waals surface area contributed by atoms with Crippen molar-refractivity contribution < 1.29 is 9.90 Å². The number of carboxylic acids is 1. The van der Waals surface area contributed by atoms with Crippen molar-refractivity contribution in [2.24, 2.45) is 0 Å². The van der Waals surface area contributed by atoms with Crippen LogP contribution in [0.15, 0.2) is 24.8 Å². The predicted molar refractivity (Wildman–Crippen MR) is 41.4 cm³/mol. The van der Waals surface area contributed by atoms with Crippen molar-refractivity contribution in [3.63, 3.8) is 0 Å². The smallest absolute Gasteiger partial charge is 0.300 e. The molecule has 0 amide bonds. The second-order valence-corrected chi connectivity index (χ2v) is 1.31. The van der Waals surface area contributed by atoms with Crippen LogP contribution in [0.4, 0.5) is 0 Å². The largest absolute Gasteiger partial charge is 0.481 e. The molecule has 0 bridgehead atoms. The maximum atomic E-state index is 9.00. The van der Waals surface area contributed by atoms with Crippen LogP contribution in [0.3, 0.4) is 0 Å². The van der Waals surface area contributed by atoms with Crippen LogP contribution in [-0.2, 0) is 4.79 Å². The average molecular weight is 141 g/mol. The number of rotatable bonds is 2. The summed E-state index contributed by atoms with van der Waals surface area (Å²) in [4.78, 5) is 9.00. The molecule has 0 saturated carbocycles. The Morgan fingerprint density at radius 2 is 2.00 bits per heavy atom. The van der Waals surface area contributed by atoms with E-state index in [0.717, 1.165) is 6.92 Å². The lowest BCUT2D eigenvalue weighted by molar-refractivity contribution is -0.134. The van der Waals surface area contributed by atoms with Gasteiger partial charge in [-0.1, -0.05) is 18.7 Å². The lowest BCUT2D eigenvalue weighted by Gasteiger charge is -1.59. The topological polar surface area (TPSA) is 61.2 Å². The Morgan fingerprint density at radius 3 is 2.10 bits per heavy atom. The molecule has 0 aliphatic rings. The molecule has 0 aromatic heterocycles. The highest BCUT2D eigenvalue weighted by Crippen LogP contribution is 1.63. The molecule has 0 unspecified atom stereocenters. The SMILES string of the molecule is C=C/C=C\C=N.CC(=O)O. The maximum absolute atomic E-state index is 9.00. The molecule has 0 atom stereocenters. The first-order valence-electron chi connectivity index (χ1n) is 2.62. The molecule has 3 nitrogen and oxygen atoms in total. The van der Waals surface area contributed by atoms with Crippen molar-refractivity contribution in [2.75, 3.05) is 0 Å². The van der Waals surface area contributed by atoms with Crippen molar-refractivity contribution in [3.05, 3.63) is 24.8 Å². The van der Waals surface area contributed by atoms with Gasteiger partial charge in [-0.15, -0.1) is 0 Å². The van der Waals surface area contributed by atoms with E-state index in [9.17, 15) is 0 Å². The van der Waals surface area contributed by atoms with Crippen LogP contribution in [-0.4, -0.2) is 17.3 Å². The molecule has 0 rings (SSSR count). The fraction of sp³-hybridized carbons (Fsp3) is 0.143. The third-order valence-corrected chi connectivity index (χ3v) is 0.343. The molecule has 0 aliphatic carbocycles. The minimum atomic E-state index is -0.833. The molecule has 0 radical (unpaired) electrons. The van der Waals surface area contributed by atoms with E-state index in [2.05, 4.69) is 6.58 Å². The molecule has 0 saturated heterocycles. The standard InChI is InChI=1S/C5H7N.C2H4O2/c1-2-3-4-5-6;1-2(3)4/h2-6H,1H2;1H3,(H,3,4)/b4-3-,6-5?;. The van der Waals surface area contributed by atoms with Gasteiger partial charge in [0.2, 0.25) is 0 Å². The average Bonchev–Trinajstić information content (AvgIpc) is 1.82. The Hall–Kier alpha value is -1.38. The van der Waals surface area contributed by atoms with Crippen molar-refractivity contribution in [3.8, 4) is 0 Å². The minimum Gasteiger partial charge on any atom is -0.481 e. The molecule has 0 aromatic carbocycles. The first kappa shape index (κ1) is 11.4. The zero-order valence-electron chi connectivity index (χ0n) is 5.87. The summed E-state index contributed by atoms with van der Waals surface area (Å²) >= 11 is 0. The Balaban J connectivity index is 0. The van der Waals surface area contributed by atoms with Crippen LogP contribution >= 0.6 is 0 Å². The number of aliphatic carboxylic acids is 1. The van der Waals surface area contributed by atoms with E-state index >= 15 is 0 Å². The van der Waals surface area contributed by atoms with Crippen molar-refractivity contribution in [1.29, 1.82) is 5.41 Å². The van der Waals surface area contributed by atoms with E-state index in [1.165, 1.54) is 6.21 Å². The molecule has 56 valence electrons. The summed E-state index contributed by atoms with van der Waals surface area (Å²) < 4.78 is 0. The third-order valence-electron chi connectivity index (χ3n) is 0.343. The van der Waals surface area contributed by atoms with Crippen LogP contribution in [0.25, 0.3) is 0 Å². The quantitative estimate of drug-likeness (QED) is 0.452. The zero-order valence-corrected chi connectivity index (χ0v) is 5.87. The second kappa shape index (κ2) is 10.6. The van der Waals surface area contributed by atoms with Crippen LogP contribution in [0.1, 0.15) is 6.92 Å². The summed E-state index contributed by atoms with van der Waals surface area (Å²) in [6, 6.07) is 0. The number of carboxylic acid groups (broad SMARTS) is 1. The molecule has 2 N–H and O–H groups in total. The first-order chi connectivity index (χ1) is 4.65. The fourth-order valence-corrected chi connectivity index (χ4v) is 0.134. The molecule has 0 aliphatic heterocycles. The third kappa shape index (κ3) is 79.7. The molecular formula is C7H11NO2. The summed E-state index contributed by atoms with van der Waals surface area (Å²) in [6.07, 6.45) is 6.15. The van der Waals surface area contributed by atoms with E-state index in [1.807, 2.05) is 0 Å². The molecular weight excluding hydrogens is 130 g/mol. The van der Waals surface area contributed by atoms with Gasteiger partial charge in [0.05, 0.1) is 0 Å². The Kier molecular flexibility index (Phi) is 12.1. The number of hydrogen-bond donors (Lipinski definition) is 2. The van der Waals surface area contributed by atoms with E-state index in [1.54, 1.807) is 18.2 Å². The van der Waals surface area contributed by atoms with Gasteiger partial charge in [-0.2, -0.15) is 0 Å². The van der Waals surface area contributed by atoms with Gasteiger partial charge in [0.25, 0.3) is 5.97 Å². The van der Waals surface area contributed by atoms with Gasteiger partial charge in [-0.05, 0) is 6.08 Å². The monoisotopic (exact) mass is 141 g/mol. The second-order valence-electron chi connectivity index (χ2n) is 1.31. The Bertz CT molecular complexity index is 125. The fourth-order valence-electron chi connectivity index (χ4n) is 0.134. The van der Waals surface area contributed by atoms with Gasteiger partial charge in [0.1, 0.15) is 0 Å². The van der Waals surface area contributed by atoms with Crippen LogP contribution < -0.4 is 0 Å². The van der Waals surface area contributed by atoms with Gasteiger partial charge in [0, 0.05) is 13.1 Å². The Labute approximate surface area is 60.2 Å². The van der Waals surface area contributed by atoms with Gasteiger partial charge in [-0.25, -0.2) is 0 Å². The van der Waals surface area contributed by atoms with Crippen molar-refractivity contribution >= 4 is 12.2 Å². The van der Waals surface area contributed by atoms with Gasteiger partial charge in [-0.3, -0.25) is 4.79 Å². The summed E-state index contributed by atoms with van der Waals surface area (Å²) in [7, 11) is 0. The molecule has 0 heterocycles. The molecule has 10 heavy (non-hydrogen) atoms. The Morgan fingerprint density at radius 1 is 1.60 bits per heavy atom. The maximum Gasteiger partial charge on any atom is 0.300 e.